The zero-order valence-electron chi connectivity index (χ0n) is 11.4. The van der Waals surface area contributed by atoms with Crippen LogP contribution in [0.2, 0.25) is 0 Å². The predicted octanol–water partition coefficient (Wildman–Crippen LogP) is 3.36. The van der Waals surface area contributed by atoms with Crippen LogP contribution in [0.5, 0.6) is 0 Å². The molecule has 2 rings (SSSR count). The third kappa shape index (κ3) is 3.94. The molecular weight excluding hydrogens is 261 g/mol. The number of thioether (sulfide) groups is 1. The van der Waals surface area contributed by atoms with E-state index in [0.29, 0.717) is 5.92 Å². The molecule has 2 nitrogen and oxygen atoms in total. The quantitative estimate of drug-likeness (QED) is 0.785. The zero-order chi connectivity index (χ0) is 13.7. The van der Waals surface area contributed by atoms with Crippen LogP contribution in [0.15, 0.2) is 23.1 Å². The fourth-order valence-corrected chi connectivity index (χ4v) is 3.56. The maximum Gasteiger partial charge on any atom is 0.137 e. The number of aliphatic hydroxyl groups is 1. The Balaban J connectivity index is 1.88. The summed E-state index contributed by atoms with van der Waals surface area (Å²) in [7, 11) is 0. The van der Waals surface area contributed by atoms with Crippen molar-refractivity contribution in [1.82, 2.24) is 5.32 Å². The van der Waals surface area contributed by atoms with E-state index < -0.39 is 0 Å². The SMILES string of the molecule is CC(CO)CCCNC1CCSc2c(F)cccc21. The summed E-state index contributed by atoms with van der Waals surface area (Å²) in [5.74, 6) is 1.25. The molecule has 106 valence electrons. The Hall–Kier alpha value is -0.580. The molecule has 0 spiro atoms. The van der Waals surface area contributed by atoms with Crippen LogP contribution in [0.25, 0.3) is 0 Å². The number of fused-ring (bicyclic) bond motifs is 1. The van der Waals surface area contributed by atoms with Gasteiger partial charge in [0.25, 0.3) is 0 Å². The van der Waals surface area contributed by atoms with E-state index in [9.17, 15) is 4.39 Å². The molecule has 0 saturated carbocycles. The van der Waals surface area contributed by atoms with E-state index in [2.05, 4.69) is 12.2 Å². The summed E-state index contributed by atoms with van der Waals surface area (Å²) in [5.41, 5.74) is 1.10. The molecule has 1 aromatic carbocycles. The van der Waals surface area contributed by atoms with Crippen LogP contribution in [-0.2, 0) is 0 Å². The van der Waals surface area contributed by atoms with Crippen LogP contribution < -0.4 is 5.32 Å². The summed E-state index contributed by atoms with van der Waals surface area (Å²) in [5, 5.41) is 12.5. The second-order valence-corrected chi connectivity index (χ2v) is 6.34. The van der Waals surface area contributed by atoms with Gasteiger partial charge in [-0.05, 0) is 49.1 Å². The number of nitrogens with one attached hydrogen (secondary N) is 1. The minimum absolute atomic E-state index is 0.0945. The van der Waals surface area contributed by atoms with Crippen LogP contribution in [-0.4, -0.2) is 24.0 Å². The summed E-state index contributed by atoms with van der Waals surface area (Å²) < 4.78 is 13.7. The molecule has 2 N–H and O–H groups in total. The smallest absolute Gasteiger partial charge is 0.137 e. The van der Waals surface area contributed by atoms with Gasteiger partial charge in [-0.15, -0.1) is 11.8 Å². The van der Waals surface area contributed by atoms with Crippen LogP contribution >= 0.6 is 11.8 Å². The highest BCUT2D eigenvalue weighted by atomic mass is 32.2. The molecule has 1 aromatic rings. The highest BCUT2D eigenvalue weighted by molar-refractivity contribution is 7.99. The number of halogens is 1. The van der Waals surface area contributed by atoms with Gasteiger partial charge in [0.15, 0.2) is 0 Å². The van der Waals surface area contributed by atoms with Crippen molar-refractivity contribution >= 4 is 11.8 Å². The Labute approximate surface area is 118 Å². The van der Waals surface area contributed by atoms with Crippen molar-refractivity contribution in [2.75, 3.05) is 18.9 Å². The molecule has 19 heavy (non-hydrogen) atoms. The molecule has 0 fully saturated rings. The largest absolute Gasteiger partial charge is 0.396 e. The third-order valence-electron chi connectivity index (χ3n) is 3.60. The Morgan fingerprint density at radius 1 is 1.53 bits per heavy atom. The molecule has 1 heterocycles. The maximum atomic E-state index is 13.7. The van der Waals surface area contributed by atoms with E-state index in [1.54, 1.807) is 17.8 Å². The third-order valence-corrected chi connectivity index (χ3v) is 4.76. The molecule has 0 aromatic heterocycles. The average Bonchev–Trinajstić information content (AvgIpc) is 2.44. The fraction of sp³-hybridized carbons (Fsp3) is 0.600. The minimum Gasteiger partial charge on any atom is -0.396 e. The molecule has 0 amide bonds. The first-order valence-corrected chi connectivity index (χ1v) is 7.96. The van der Waals surface area contributed by atoms with Gasteiger partial charge in [0, 0.05) is 17.5 Å². The van der Waals surface area contributed by atoms with Crippen molar-refractivity contribution in [3.63, 3.8) is 0 Å². The second-order valence-electron chi connectivity index (χ2n) is 5.23. The van der Waals surface area contributed by atoms with Gasteiger partial charge in [-0.1, -0.05) is 19.1 Å². The Bertz CT molecular complexity index is 413. The lowest BCUT2D eigenvalue weighted by atomic mass is 10.0. The number of hydrogen-bond donors (Lipinski definition) is 2. The summed E-state index contributed by atoms with van der Waals surface area (Å²) >= 11 is 1.62. The standard InChI is InChI=1S/C15H22FNOS/c1-11(10-18)4-3-8-17-14-7-9-19-15-12(14)5-2-6-13(15)16/h2,5-6,11,14,17-18H,3-4,7-10H2,1H3. The Morgan fingerprint density at radius 2 is 2.37 bits per heavy atom. The van der Waals surface area contributed by atoms with E-state index in [4.69, 9.17) is 5.11 Å². The molecule has 0 aliphatic carbocycles. The Kier molecular flexibility index (Phi) is 5.67. The molecule has 0 bridgehead atoms. The maximum absolute atomic E-state index is 13.7. The average molecular weight is 283 g/mol. The minimum atomic E-state index is -0.0945. The van der Waals surface area contributed by atoms with E-state index in [1.807, 2.05) is 6.07 Å². The normalized spacial score (nSPS) is 20.1. The first kappa shape index (κ1) is 14.8. The molecule has 1 aliphatic rings. The highest BCUT2D eigenvalue weighted by Gasteiger charge is 2.22. The van der Waals surface area contributed by atoms with Crippen LogP contribution in [0.4, 0.5) is 4.39 Å². The molecular formula is C15H22FNOS. The van der Waals surface area contributed by atoms with Gasteiger partial charge in [-0.3, -0.25) is 0 Å². The van der Waals surface area contributed by atoms with Gasteiger partial charge < -0.3 is 10.4 Å². The van der Waals surface area contributed by atoms with Crippen molar-refractivity contribution in [2.24, 2.45) is 5.92 Å². The number of benzene rings is 1. The summed E-state index contributed by atoms with van der Waals surface area (Å²) in [6.45, 7) is 3.24. The van der Waals surface area contributed by atoms with Gasteiger partial charge in [0.05, 0.1) is 0 Å². The van der Waals surface area contributed by atoms with E-state index >= 15 is 0 Å². The first-order chi connectivity index (χ1) is 9.22. The van der Waals surface area contributed by atoms with Crippen LogP contribution in [0, 0.1) is 11.7 Å². The summed E-state index contributed by atoms with van der Waals surface area (Å²) in [6, 6.07) is 5.63. The van der Waals surface area contributed by atoms with Gasteiger partial charge in [-0.25, -0.2) is 4.39 Å². The zero-order valence-corrected chi connectivity index (χ0v) is 12.2. The molecule has 0 radical (unpaired) electrons. The molecule has 2 unspecified atom stereocenters. The van der Waals surface area contributed by atoms with Gasteiger partial charge in [-0.2, -0.15) is 0 Å². The molecule has 1 aliphatic heterocycles. The highest BCUT2D eigenvalue weighted by Crippen LogP contribution is 2.37. The van der Waals surface area contributed by atoms with Gasteiger partial charge in [0.1, 0.15) is 5.82 Å². The molecule has 4 heteroatoms. The summed E-state index contributed by atoms with van der Waals surface area (Å²) in [4.78, 5) is 0.815. The topological polar surface area (TPSA) is 32.3 Å². The van der Waals surface area contributed by atoms with Gasteiger partial charge in [0.2, 0.25) is 0 Å². The number of hydrogen-bond acceptors (Lipinski definition) is 3. The summed E-state index contributed by atoms with van der Waals surface area (Å²) in [6.07, 6.45) is 3.13. The second kappa shape index (κ2) is 7.27. The number of aliphatic hydroxyl groups excluding tert-OH is 1. The van der Waals surface area contributed by atoms with Crippen molar-refractivity contribution < 1.29 is 9.50 Å². The predicted molar refractivity (Wildman–Crippen MR) is 78.0 cm³/mol. The van der Waals surface area contributed by atoms with E-state index in [-0.39, 0.29) is 18.5 Å². The molecule has 0 saturated heterocycles. The van der Waals surface area contributed by atoms with Gasteiger partial charge >= 0.3 is 0 Å². The number of rotatable bonds is 6. The van der Waals surface area contributed by atoms with Crippen LogP contribution in [0.1, 0.15) is 37.8 Å². The van der Waals surface area contributed by atoms with E-state index in [0.717, 1.165) is 42.0 Å². The van der Waals surface area contributed by atoms with Crippen molar-refractivity contribution in [1.29, 1.82) is 0 Å². The lowest BCUT2D eigenvalue weighted by molar-refractivity contribution is 0.227. The van der Waals surface area contributed by atoms with Crippen LogP contribution in [0.3, 0.4) is 0 Å². The monoisotopic (exact) mass is 283 g/mol. The fourth-order valence-electron chi connectivity index (χ4n) is 2.42. The Morgan fingerprint density at radius 3 is 3.16 bits per heavy atom. The lowest BCUT2D eigenvalue weighted by Gasteiger charge is -2.26. The van der Waals surface area contributed by atoms with Crippen molar-refractivity contribution in [2.45, 2.75) is 37.1 Å². The van der Waals surface area contributed by atoms with E-state index in [1.165, 1.54) is 6.07 Å². The van der Waals surface area contributed by atoms with Crippen molar-refractivity contribution in [3.05, 3.63) is 29.6 Å². The lowest BCUT2D eigenvalue weighted by Crippen LogP contribution is -2.26. The molecule has 2 atom stereocenters. The van der Waals surface area contributed by atoms with Crippen molar-refractivity contribution in [3.8, 4) is 0 Å². The first-order valence-electron chi connectivity index (χ1n) is 6.98.